The van der Waals surface area contributed by atoms with Crippen molar-refractivity contribution in [1.82, 2.24) is 0 Å². The summed E-state index contributed by atoms with van der Waals surface area (Å²) in [5, 5.41) is 0. The van der Waals surface area contributed by atoms with E-state index in [1.54, 1.807) is 5.57 Å². The Kier molecular flexibility index (Phi) is 5.94. The Balaban J connectivity index is 1.81. The van der Waals surface area contributed by atoms with E-state index >= 15 is 0 Å². The van der Waals surface area contributed by atoms with Crippen LogP contribution >= 0.6 is 11.8 Å². The second-order valence-corrected chi connectivity index (χ2v) is 7.41. The van der Waals surface area contributed by atoms with Gasteiger partial charge >= 0.3 is 0 Å². The normalized spacial score (nSPS) is 29.7. The second kappa shape index (κ2) is 7.47. The van der Waals surface area contributed by atoms with Crippen molar-refractivity contribution in [3.05, 3.63) is 11.8 Å². The number of allylic oxidation sites excluding steroid dienone is 1. The summed E-state index contributed by atoms with van der Waals surface area (Å²) in [5.74, 6) is 1.33. The van der Waals surface area contributed by atoms with Crippen LogP contribution < -0.4 is 0 Å². The van der Waals surface area contributed by atoms with Crippen molar-refractivity contribution in [2.45, 2.75) is 75.9 Å². The lowest BCUT2D eigenvalue weighted by Gasteiger charge is -2.30. The minimum Gasteiger partial charge on any atom is -0.500 e. The topological polar surface area (TPSA) is 9.23 Å². The van der Waals surface area contributed by atoms with E-state index in [2.05, 4.69) is 24.9 Å². The van der Waals surface area contributed by atoms with Crippen molar-refractivity contribution in [2.75, 3.05) is 12.4 Å². The molecule has 1 aliphatic heterocycles. The molecule has 0 aromatic heterocycles. The Labute approximate surface area is 117 Å². The first-order chi connectivity index (χ1) is 8.85. The smallest absolute Gasteiger partial charge is 0.102 e. The van der Waals surface area contributed by atoms with Crippen LogP contribution in [0.5, 0.6) is 0 Å². The minimum absolute atomic E-state index is 0.405. The maximum Gasteiger partial charge on any atom is 0.102 e. The first-order valence-corrected chi connectivity index (χ1v) is 8.77. The van der Waals surface area contributed by atoms with Crippen molar-refractivity contribution in [3.63, 3.8) is 0 Å². The highest BCUT2D eigenvalue weighted by Gasteiger charge is 2.30. The highest BCUT2D eigenvalue weighted by Crippen LogP contribution is 2.38. The van der Waals surface area contributed by atoms with Crippen LogP contribution in [0.3, 0.4) is 0 Å². The third kappa shape index (κ3) is 4.22. The molecule has 1 saturated carbocycles. The molecule has 1 atom stereocenters. The highest BCUT2D eigenvalue weighted by molar-refractivity contribution is 8.00. The van der Waals surface area contributed by atoms with Gasteiger partial charge in [-0.1, -0.05) is 26.2 Å². The first-order valence-electron chi connectivity index (χ1n) is 7.78. The Morgan fingerprint density at radius 1 is 1.11 bits per heavy atom. The van der Waals surface area contributed by atoms with Gasteiger partial charge < -0.3 is 4.74 Å². The Hall–Kier alpha value is -0.110. The molecule has 0 N–H and O–H groups in total. The average molecular weight is 268 g/mol. The van der Waals surface area contributed by atoms with Crippen LogP contribution in [0.4, 0.5) is 0 Å². The summed E-state index contributed by atoms with van der Waals surface area (Å²) in [6.45, 7) is 3.26. The molecule has 2 fully saturated rings. The molecular weight excluding hydrogens is 240 g/mol. The predicted molar refractivity (Wildman–Crippen MR) is 81.1 cm³/mol. The van der Waals surface area contributed by atoms with Gasteiger partial charge in [0.25, 0.3) is 0 Å². The van der Waals surface area contributed by atoms with E-state index in [9.17, 15) is 0 Å². The number of thioether (sulfide) groups is 1. The van der Waals surface area contributed by atoms with Gasteiger partial charge in [-0.25, -0.2) is 0 Å². The molecular formula is C16H28OS. The van der Waals surface area contributed by atoms with Crippen molar-refractivity contribution in [2.24, 2.45) is 0 Å². The predicted octanol–water partition coefficient (Wildman–Crippen LogP) is 5.31. The van der Waals surface area contributed by atoms with Crippen molar-refractivity contribution >= 4 is 11.8 Å². The van der Waals surface area contributed by atoms with Gasteiger partial charge in [-0.3, -0.25) is 0 Å². The fourth-order valence-corrected chi connectivity index (χ4v) is 4.44. The van der Waals surface area contributed by atoms with Crippen LogP contribution in [-0.4, -0.2) is 17.1 Å². The SMILES string of the molecule is CCC1(COC=C2CCCCC2)CCCCCS1. The Morgan fingerprint density at radius 2 is 1.89 bits per heavy atom. The van der Waals surface area contributed by atoms with Crippen LogP contribution in [0.15, 0.2) is 11.8 Å². The highest BCUT2D eigenvalue weighted by atomic mass is 32.2. The van der Waals surface area contributed by atoms with Crippen molar-refractivity contribution < 1.29 is 4.74 Å². The molecule has 2 rings (SSSR count). The minimum atomic E-state index is 0.405. The van der Waals surface area contributed by atoms with E-state index in [0.29, 0.717) is 4.75 Å². The van der Waals surface area contributed by atoms with Crippen LogP contribution in [-0.2, 0) is 4.74 Å². The molecule has 0 spiro atoms. The molecule has 0 bridgehead atoms. The van der Waals surface area contributed by atoms with Gasteiger partial charge in [0.15, 0.2) is 0 Å². The Bertz CT molecular complexity index is 256. The molecule has 0 aromatic carbocycles. The van der Waals surface area contributed by atoms with Gasteiger partial charge in [0.1, 0.15) is 6.61 Å². The van der Waals surface area contributed by atoms with Crippen LogP contribution in [0.25, 0.3) is 0 Å². The summed E-state index contributed by atoms with van der Waals surface area (Å²) in [5.41, 5.74) is 1.55. The molecule has 2 aliphatic rings. The zero-order chi connectivity index (χ0) is 12.7. The largest absolute Gasteiger partial charge is 0.500 e. The lowest BCUT2D eigenvalue weighted by atomic mass is 9.96. The molecule has 0 radical (unpaired) electrons. The summed E-state index contributed by atoms with van der Waals surface area (Å²) >= 11 is 2.16. The molecule has 18 heavy (non-hydrogen) atoms. The molecule has 1 aliphatic carbocycles. The third-order valence-corrected chi connectivity index (χ3v) is 6.14. The van der Waals surface area contributed by atoms with E-state index < -0.39 is 0 Å². The number of ether oxygens (including phenoxy) is 1. The zero-order valence-corrected chi connectivity index (χ0v) is 12.7. The molecule has 2 heteroatoms. The standard InChI is InChI=1S/C16H28OS/c1-2-16(11-7-4-8-12-18-16)14-17-13-15-9-5-3-6-10-15/h13H,2-12,14H2,1H3. The van der Waals surface area contributed by atoms with Gasteiger partial charge in [0.05, 0.1) is 6.26 Å². The zero-order valence-electron chi connectivity index (χ0n) is 11.9. The molecule has 1 heterocycles. The summed E-state index contributed by atoms with van der Waals surface area (Å²) < 4.78 is 6.38. The van der Waals surface area contributed by atoms with E-state index in [1.807, 2.05) is 0 Å². The molecule has 0 amide bonds. The molecule has 1 saturated heterocycles. The molecule has 0 aromatic rings. The number of hydrogen-bond acceptors (Lipinski definition) is 2. The summed E-state index contributed by atoms with van der Waals surface area (Å²) in [6, 6.07) is 0. The van der Waals surface area contributed by atoms with Crippen molar-refractivity contribution in [1.29, 1.82) is 0 Å². The first kappa shape index (κ1) is 14.3. The van der Waals surface area contributed by atoms with E-state index in [1.165, 1.54) is 70.0 Å². The maximum absolute atomic E-state index is 5.98. The van der Waals surface area contributed by atoms with Crippen LogP contribution in [0.1, 0.15) is 71.1 Å². The fraction of sp³-hybridized carbons (Fsp3) is 0.875. The van der Waals surface area contributed by atoms with E-state index in [4.69, 9.17) is 4.74 Å². The third-order valence-electron chi connectivity index (χ3n) is 4.42. The number of rotatable bonds is 4. The average Bonchev–Trinajstić information content (AvgIpc) is 2.66. The van der Waals surface area contributed by atoms with Gasteiger partial charge in [0.2, 0.25) is 0 Å². The lowest BCUT2D eigenvalue weighted by molar-refractivity contribution is 0.198. The van der Waals surface area contributed by atoms with Crippen molar-refractivity contribution in [3.8, 4) is 0 Å². The fourth-order valence-electron chi connectivity index (χ4n) is 3.02. The van der Waals surface area contributed by atoms with Crippen LogP contribution in [0, 0.1) is 0 Å². The quantitative estimate of drug-likeness (QED) is 0.639. The summed E-state index contributed by atoms with van der Waals surface area (Å²) in [4.78, 5) is 0. The summed E-state index contributed by atoms with van der Waals surface area (Å²) in [7, 11) is 0. The maximum atomic E-state index is 5.98. The van der Waals surface area contributed by atoms with E-state index in [-0.39, 0.29) is 0 Å². The lowest BCUT2D eigenvalue weighted by Crippen LogP contribution is -2.29. The molecule has 104 valence electrons. The van der Waals surface area contributed by atoms with Crippen LogP contribution in [0.2, 0.25) is 0 Å². The summed E-state index contributed by atoms with van der Waals surface area (Å²) in [6.07, 6.45) is 15.6. The molecule has 1 nitrogen and oxygen atoms in total. The van der Waals surface area contributed by atoms with Gasteiger partial charge in [-0.2, -0.15) is 11.8 Å². The van der Waals surface area contributed by atoms with Gasteiger partial charge in [-0.05, 0) is 56.3 Å². The monoisotopic (exact) mass is 268 g/mol. The van der Waals surface area contributed by atoms with E-state index in [0.717, 1.165) is 6.61 Å². The second-order valence-electron chi connectivity index (χ2n) is 5.84. The van der Waals surface area contributed by atoms with Gasteiger partial charge in [-0.15, -0.1) is 0 Å². The number of hydrogen-bond donors (Lipinski definition) is 0. The van der Waals surface area contributed by atoms with Gasteiger partial charge in [0, 0.05) is 4.75 Å². The Morgan fingerprint density at radius 3 is 2.67 bits per heavy atom. The molecule has 1 unspecified atom stereocenters.